The first-order chi connectivity index (χ1) is 19.0. The summed E-state index contributed by atoms with van der Waals surface area (Å²) in [4.78, 5) is 8.04. The molecule has 1 aliphatic rings. The summed E-state index contributed by atoms with van der Waals surface area (Å²) in [5, 5.41) is 0. The van der Waals surface area contributed by atoms with Gasteiger partial charge in [-0.3, -0.25) is 14.7 Å². The highest BCUT2D eigenvalue weighted by atomic mass is 32.2. The molecule has 1 fully saturated rings. The number of nitrogens with two attached hydrogens (primary N) is 1. The van der Waals surface area contributed by atoms with Gasteiger partial charge >= 0.3 is 0 Å². The second kappa shape index (κ2) is 13.8. The number of sulfonamides is 1. The third-order valence-electron chi connectivity index (χ3n) is 7.15. The number of benzene rings is 1. The van der Waals surface area contributed by atoms with E-state index in [9.17, 15) is 17.2 Å². The lowest BCUT2D eigenvalue weighted by atomic mass is 9.85. The van der Waals surface area contributed by atoms with Crippen LogP contribution in [-0.2, 0) is 10.0 Å². The lowest BCUT2D eigenvalue weighted by Crippen LogP contribution is -2.18. The Hall–Kier alpha value is -3.43. The van der Waals surface area contributed by atoms with Gasteiger partial charge in [0.2, 0.25) is 0 Å². The van der Waals surface area contributed by atoms with E-state index in [1.54, 1.807) is 19.2 Å². The molecular formula is C31H38F2N4O2S. The maximum Gasteiger partial charge on any atom is 0.264 e. The molecule has 9 heteroatoms. The van der Waals surface area contributed by atoms with E-state index in [1.165, 1.54) is 0 Å². The fraction of sp³-hybridized carbons (Fsp3) is 0.355. The van der Waals surface area contributed by atoms with Gasteiger partial charge < -0.3 is 5.73 Å². The zero-order valence-corrected chi connectivity index (χ0v) is 24.2. The highest BCUT2D eigenvalue weighted by Gasteiger charge is 2.24. The fourth-order valence-electron chi connectivity index (χ4n) is 4.86. The van der Waals surface area contributed by atoms with E-state index in [-0.39, 0.29) is 17.6 Å². The van der Waals surface area contributed by atoms with Crippen molar-refractivity contribution in [2.45, 2.75) is 70.2 Å². The van der Waals surface area contributed by atoms with Crippen LogP contribution in [-0.4, -0.2) is 26.2 Å². The van der Waals surface area contributed by atoms with Crippen molar-refractivity contribution in [3.63, 3.8) is 0 Å². The van der Waals surface area contributed by atoms with Gasteiger partial charge in [0, 0.05) is 29.4 Å². The maximum atomic E-state index is 14.3. The number of pyridine rings is 1. The standard InChI is InChI=1S/C31H38F2N4O2S/c1-6-9-29(35-5)27(20(3)23-10-8-11-26(34)14-12-23)16-22(7-2)24-17-30(21(4)36-19-24)37-40(38,39)31-15-13-25(32)18-28(31)33/h7,9,13,15-19,23,26,37H,3,5-6,8,10-12,14,34H2,1-2,4H3/b22-7+,27-16-,29-9+. The summed E-state index contributed by atoms with van der Waals surface area (Å²) >= 11 is 0. The normalized spacial score (nSPS) is 19.2. The summed E-state index contributed by atoms with van der Waals surface area (Å²) in [6, 6.07) is 4.16. The molecule has 3 N–H and O–H groups in total. The minimum absolute atomic E-state index is 0.179. The Morgan fingerprint density at radius 1 is 1.23 bits per heavy atom. The first kappa shape index (κ1) is 31.1. The molecule has 214 valence electrons. The number of hydrogen-bond donors (Lipinski definition) is 2. The van der Waals surface area contributed by atoms with Crippen molar-refractivity contribution in [3.8, 4) is 0 Å². The number of nitrogens with zero attached hydrogens (tertiary/aromatic N) is 2. The smallest absolute Gasteiger partial charge is 0.264 e. The van der Waals surface area contributed by atoms with Crippen LogP contribution >= 0.6 is 0 Å². The molecule has 0 radical (unpaired) electrons. The maximum absolute atomic E-state index is 14.3. The second-order valence-corrected chi connectivity index (χ2v) is 11.6. The average molecular weight is 569 g/mol. The summed E-state index contributed by atoms with van der Waals surface area (Å²) in [5.41, 5.74) is 10.8. The molecule has 0 amide bonds. The highest BCUT2D eigenvalue weighted by molar-refractivity contribution is 7.92. The Labute approximate surface area is 236 Å². The monoisotopic (exact) mass is 568 g/mol. The summed E-state index contributed by atoms with van der Waals surface area (Å²) in [6.45, 7) is 13.8. The van der Waals surface area contributed by atoms with E-state index in [2.05, 4.69) is 28.0 Å². The molecular weight excluding hydrogens is 530 g/mol. The van der Waals surface area contributed by atoms with Gasteiger partial charge in [-0.25, -0.2) is 17.2 Å². The highest BCUT2D eigenvalue weighted by Crippen LogP contribution is 2.36. The lowest BCUT2D eigenvalue weighted by Gasteiger charge is -2.21. The number of halogens is 2. The minimum atomic E-state index is -4.34. The first-order valence-electron chi connectivity index (χ1n) is 13.5. The van der Waals surface area contributed by atoms with Crippen LogP contribution in [0.2, 0.25) is 0 Å². The van der Waals surface area contributed by atoms with Crippen LogP contribution in [0.4, 0.5) is 14.5 Å². The summed E-state index contributed by atoms with van der Waals surface area (Å²) < 4.78 is 55.9. The molecule has 1 aromatic carbocycles. The quantitative estimate of drug-likeness (QED) is 0.179. The van der Waals surface area contributed by atoms with Crippen LogP contribution in [0.5, 0.6) is 0 Å². The van der Waals surface area contributed by atoms with Gasteiger partial charge in [-0.15, -0.1) is 0 Å². The zero-order valence-electron chi connectivity index (χ0n) is 23.4. The topological polar surface area (TPSA) is 97.4 Å². The summed E-state index contributed by atoms with van der Waals surface area (Å²) in [6.07, 6.45) is 13.2. The van der Waals surface area contributed by atoms with E-state index in [1.807, 2.05) is 32.1 Å². The van der Waals surface area contributed by atoms with Crippen LogP contribution in [0.1, 0.15) is 63.6 Å². The molecule has 1 heterocycles. The van der Waals surface area contributed by atoms with E-state index < -0.39 is 26.6 Å². The van der Waals surface area contributed by atoms with Gasteiger partial charge in [0.05, 0.1) is 17.1 Å². The average Bonchev–Trinajstić information content (AvgIpc) is 3.13. The fourth-order valence-corrected chi connectivity index (χ4v) is 6.03. The minimum Gasteiger partial charge on any atom is -0.328 e. The molecule has 2 aromatic rings. The molecule has 3 rings (SSSR count). The molecule has 1 aromatic heterocycles. The van der Waals surface area contributed by atoms with E-state index in [0.29, 0.717) is 17.3 Å². The summed E-state index contributed by atoms with van der Waals surface area (Å²) in [5.74, 6) is -1.79. The number of aromatic nitrogens is 1. The van der Waals surface area contributed by atoms with Crippen LogP contribution in [0.15, 0.2) is 82.0 Å². The summed E-state index contributed by atoms with van der Waals surface area (Å²) in [7, 11) is -4.34. The Kier molecular flexibility index (Phi) is 10.7. The number of allylic oxidation sites excluding steroid dienone is 5. The van der Waals surface area contributed by atoms with Gasteiger partial charge in [-0.05, 0) is 94.0 Å². The van der Waals surface area contributed by atoms with Crippen LogP contribution in [0.3, 0.4) is 0 Å². The Morgan fingerprint density at radius 3 is 2.62 bits per heavy atom. The molecule has 2 atom stereocenters. The lowest BCUT2D eigenvalue weighted by molar-refractivity contribution is 0.528. The molecule has 2 unspecified atom stereocenters. The van der Waals surface area contributed by atoms with Crippen molar-refractivity contribution in [2.24, 2.45) is 16.6 Å². The number of aliphatic imine (C=N–C) groups is 1. The number of hydrogen-bond acceptors (Lipinski definition) is 5. The van der Waals surface area contributed by atoms with E-state index in [4.69, 9.17) is 5.73 Å². The van der Waals surface area contributed by atoms with Crippen LogP contribution < -0.4 is 10.5 Å². The predicted molar refractivity (Wildman–Crippen MR) is 159 cm³/mol. The van der Waals surface area contributed by atoms with Crippen molar-refractivity contribution in [3.05, 3.63) is 95.0 Å². The van der Waals surface area contributed by atoms with Crippen molar-refractivity contribution in [1.29, 1.82) is 0 Å². The van der Waals surface area contributed by atoms with E-state index in [0.717, 1.165) is 73.1 Å². The SMILES string of the molecule is C=NC(=C/CC)/C(=C\C(=C/C)c1cnc(C)c(NS(=O)(=O)c2ccc(F)cc2F)c1)C(=C)C1CCCC(N)CC1. The number of rotatable bonds is 10. The molecule has 6 nitrogen and oxygen atoms in total. The Bertz CT molecular complexity index is 1460. The van der Waals surface area contributed by atoms with Gasteiger partial charge in [-0.2, -0.15) is 0 Å². The van der Waals surface area contributed by atoms with Crippen molar-refractivity contribution < 1.29 is 17.2 Å². The van der Waals surface area contributed by atoms with Gasteiger partial charge in [0.1, 0.15) is 16.5 Å². The molecule has 0 saturated heterocycles. The molecule has 0 bridgehead atoms. The van der Waals surface area contributed by atoms with Crippen LogP contribution in [0.25, 0.3) is 5.57 Å². The van der Waals surface area contributed by atoms with Gasteiger partial charge in [0.15, 0.2) is 0 Å². The molecule has 0 aliphatic heterocycles. The number of aryl methyl sites for hydroxylation is 1. The third kappa shape index (κ3) is 7.61. The third-order valence-corrected chi connectivity index (χ3v) is 8.55. The van der Waals surface area contributed by atoms with Crippen molar-refractivity contribution >= 4 is 28.0 Å². The number of nitrogens with one attached hydrogen (secondary N) is 1. The molecule has 0 spiro atoms. The van der Waals surface area contributed by atoms with Crippen LogP contribution in [0, 0.1) is 24.5 Å². The zero-order chi connectivity index (χ0) is 29.4. The van der Waals surface area contributed by atoms with Gasteiger partial charge in [0.25, 0.3) is 10.0 Å². The first-order valence-corrected chi connectivity index (χ1v) is 14.9. The molecule has 1 aliphatic carbocycles. The van der Waals surface area contributed by atoms with Crippen molar-refractivity contribution in [1.82, 2.24) is 4.98 Å². The number of anilines is 1. The molecule has 40 heavy (non-hydrogen) atoms. The largest absolute Gasteiger partial charge is 0.328 e. The van der Waals surface area contributed by atoms with E-state index >= 15 is 0 Å². The second-order valence-electron chi connectivity index (χ2n) is 9.99. The molecule has 1 saturated carbocycles. The van der Waals surface area contributed by atoms with Gasteiger partial charge in [-0.1, -0.05) is 32.1 Å². The van der Waals surface area contributed by atoms with Crippen molar-refractivity contribution in [2.75, 3.05) is 4.72 Å². The Balaban J connectivity index is 2.03. The Morgan fingerprint density at radius 2 is 1.98 bits per heavy atom. The predicted octanol–water partition coefficient (Wildman–Crippen LogP) is 7.26.